The van der Waals surface area contributed by atoms with Crippen molar-refractivity contribution < 1.29 is 0 Å². The van der Waals surface area contributed by atoms with Gasteiger partial charge in [0.15, 0.2) is 0 Å². The zero-order valence-corrected chi connectivity index (χ0v) is 20.0. The predicted molar refractivity (Wildman–Crippen MR) is 148 cm³/mol. The van der Waals surface area contributed by atoms with Crippen LogP contribution >= 0.6 is 0 Å². The van der Waals surface area contributed by atoms with Crippen molar-refractivity contribution in [3.8, 4) is 11.1 Å². The monoisotopic (exact) mass is 452 g/mol. The molecule has 0 bridgehead atoms. The number of hydrogen-bond acceptors (Lipinski definition) is 2. The van der Waals surface area contributed by atoms with E-state index in [1.54, 1.807) is 11.1 Å². The lowest BCUT2D eigenvalue weighted by atomic mass is 9.79. The topological polar surface area (TPSA) is 25.8 Å². The number of benzene rings is 4. The minimum absolute atomic E-state index is 0.657. The SMILES string of the molecule is CC1CCCc2c1ccc1c2c(-c2ccncc2)cc2ccccc21.c1ccc2cnccc2c1. The zero-order valence-electron chi connectivity index (χ0n) is 20.0. The third-order valence-electron chi connectivity index (χ3n) is 7.31. The molecule has 1 aliphatic carbocycles. The maximum atomic E-state index is 4.21. The molecule has 6 aromatic rings. The van der Waals surface area contributed by atoms with Crippen molar-refractivity contribution in [2.45, 2.75) is 32.1 Å². The molecule has 35 heavy (non-hydrogen) atoms. The Morgan fingerprint density at radius 2 is 1.43 bits per heavy atom. The second-order valence-electron chi connectivity index (χ2n) is 9.45. The van der Waals surface area contributed by atoms with E-state index in [-0.39, 0.29) is 0 Å². The van der Waals surface area contributed by atoms with Crippen molar-refractivity contribution in [3.05, 3.63) is 121 Å². The van der Waals surface area contributed by atoms with Crippen LogP contribution in [0.15, 0.2) is 110 Å². The van der Waals surface area contributed by atoms with Gasteiger partial charge in [-0.05, 0) is 104 Å². The first-order valence-corrected chi connectivity index (χ1v) is 12.5. The molecule has 0 N–H and O–H groups in total. The van der Waals surface area contributed by atoms with Crippen LogP contribution in [0.1, 0.15) is 36.8 Å². The van der Waals surface area contributed by atoms with Gasteiger partial charge < -0.3 is 0 Å². The standard InChI is InChI=1S/C24H21N.C9H7N/c1-16-5-4-8-21-19(16)9-10-22-20-7-3-2-6-18(20)15-23(24(21)22)17-11-13-25-14-12-17;1-2-4-9-7-10-6-5-8(9)3-1/h2-3,6-7,9-16H,4-5,8H2,1H3;1-7H. The molecule has 1 atom stereocenters. The minimum Gasteiger partial charge on any atom is -0.265 e. The molecule has 170 valence electrons. The Hall–Kier alpha value is -4.04. The van der Waals surface area contributed by atoms with Crippen molar-refractivity contribution >= 4 is 32.3 Å². The smallest absolute Gasteiger partial charge is 0.0346 e. The Morgan fingerprint density at radius 1 is 0.686 bits per heavy atom. The number of aryl methyl sites for hydroxylation is 1. The lowest BCUT2D eigenvalue weighted by molar-refractivity contribution is 0.593. The van der Waals surface area contributed by atoms with E-state index in [4.69, 9.17) is 0 Å². The Bertz CT molecular complexity index is 1570. The van der Waals surface area contributed by atoms with Crippen LogP contribution in [-0.4, -0.2) is 9.97 Å². The van der Waals surface area contributed by atoms with Crippen molar-refractivity contribution in [1.82, 2.24) is 9.97 Å². The maximum Gasteiger partial charge on any atom is 0.0346 e. The molecule has 0 saturated carbocycles. The first kappa shape index (κ1) is 21.5. The lowest BCUT2D eigenvalue weighted by Crippen LogP contribution is -2.08. The number of nitrogens with zero attached hydrogens (tertiary/aromatic N) is 2. The van der Waals surface area contributed by atoms with Gasteiger partial charge >= 0.3 is 0 Å². The van der Waals surface area contributed by atoms with Gasteiger partial charge in [-0.1, -0.05) is 67.6 Å². The van der Waals surface area contributed by atoms with Gasteiger partial charge in [0.05, 0.1) is 0 Å². The van der Waals surface area contributed by atoms with E-state index in [1.807, 2.05) is 43.0 Å². The first-order valence-electron chi connectivity index (χ1n) is 12.5. The number of fused-ring (bicyclic) bond motifs is 6. The van der Waals surface area contributed by atoms with Crippen LogP contribution in [0.25, 0.3) is 43.4 Å². The third kappa shape index (κ3) is 4.06. The Balaban J connectivity index is 0.000000191. The van der Waals surface area contributed by atoms with Crippen LogP contribution in [0, 0.1) is 0 Å². The van der Waals surface area contributed by atoms with Gasteiger partial charge in [0.1, 0.15) is 0 Å². The average Bonchev–Trinajstić information content (AvgIpc) is 2.93. The molecular weight excluding hydrogens is 424 g/mol. The quantitative estimate of drug-likeness (QED) is 0.233. The van der Waals surface area contributed by atoms with Gasteiger partial charge in [0, 0.05) is 24.8 Å². The number of rotatable bonds is 1. The highest BCUT2D eigenvalue weighted by Gasteiger charge is 2.21. The van der Waals surface area contributed by atoms with E-state index in [1.165, 1.54) is 62.7 Å². The van der Waals surface area contributed by atoms with Crippen LogP contribution in [0.3, 0.4) is 0 Å². The van der Waals surface area contributed by atoms with Gasteiger partial charge in [0.2, 0.25) is 0 Å². The van der Waals surface area contributed by atoms with Crippen LogP contribution < -0.4 is 0 Å². The van der Waals surface area contributed by atoms with E-state index in [2.05, 4.69) is 83.6 Å². The van der Waals surface area contributed by atoms with Crippen molar-refractivity contribution in [1.29, 1.82) is 0 Å². The van der Waals surface area contributed by atoms with Gasteiger partial charge in [0.25, 0.3) is 0 Å². The Morgan fingerprint density at radius 3 is 2.26 bits per heavy atom. The van der Waals surface area contributed by atoms with E-state index in [9.17, 15) is 0 Å². The summed E-state index contributed by atoms with van der Waals surface area (Å²) >= 11 is 0. The fourth-order valence-corrected chi connectivity index (χ4v) is 5.55. The summed E-state index contributed by atoms with van der Waals surface area (Å²) in [5.74, 6) is 0.657. The highest BCUT2D eigenvalue weighted by Crippen LogP contribution is 2.42. The molecule has 2 heterocycles. The lowest BCUT2D eigenvalue weighted by Gasteiger charge is -2.25. The first-order chi connectivity index (χ1) is 17.3. The molecule has 0 fully saturated rings. The molecular formula is C33H28N2. The molecule has 0 spiro atoms. The number of aromatic nitrogens is 2. The largest absolute Gasteiger partial charge is 0.265 e. The zero-order chi connectivity index (χ0) is 23.6. The summed E-state index contributed by atoms with van der Waals surface area (Å²) in [5, 5.41) is 7.95. The van der Waals surface area contributed by atoms with Crippen LogP contribution in [0.4, 0.5) is 0 Å². The highest BCUT2D eigenvalue weighted by molar-refractivity contribution is 6.15. The van der Waals surface area contributed by atoms with E-state index in [0.717, 1.165) is 0 Å². The summed E-state index contributed by atoms with van der Waals surface area (Å²) < 4.78 is 0. The minimum atomic E-state index is 0.657. The molecule has 0 saturated heterocycles. The fourth-order valence-electron chi connectivity index (χ4n) is 5.55. The summed E-state index contributed by atoms with van der Waals surface area (Å²) in [5.41, 5.74) is 5.72. The van der Waals surface area contributed by atoms with Crippen LogP contribution in [-0.2, 0) is 6.42 Å². The summed E-state index contributed by atoms with van der Waals surface area (Å²) in [6.45, 7) is 2.37. The third-order valence-corrected chi connectivity index (χ3v) is 7.31. The van der Waals surface area contributed by atoms with E-state index in [0.29, 0.717) is 5.92 Å². The molecule has 2 aromatic heterocycles. The molecule has 0 radical (unpaired) electrons. The van der Waals surface area contributed by atoms with Crippen LogP contribution in [0.5, 0.6) is 0 Å². The van der Waals surface area contributed by atoms with Gasteiger partial charge in [-0.25, -0.2) is 0 Å². The van der Waals surface area contributed by atoms with Crippen LogP contribution in [0.2, 0.25) is 0 Å². The van der Waals surface area contributed by atoms with Crippen molar-refractivity contribution in [2.24, 2.45) is 0 Å². The molecule has 0 amide bonds. The molecule has 0 aliphatic heterocycles. The normalized spacial score (nSPS) is 14.9. The second kappa shape index (κ2) is 9.31. The fraction of sp³-hybridized carbons (Fsp3) is 0.152. The molecule has 2 nitrogen and oxygen atoms in total. The van der Waals surface area contributed by atoms with E-state index >= 15 is 0 Å². The Kier molecular flexibility index (Phi) is 5.71. The molecule has 7 rings (SSSR count). The summed E-state index contributed by atoms with van der Waals surface area (Å²) in [6.07, 6.45) is 11.3. The van der Waals surface area contributed by atoms with Gasteiger partial charge in [-0.2, -0.15) is 0 Å². The summed E-state index contributed by atoms with van der Waals surface area (Å²) in [4.78, 5) is 8.23. The van der Waals surface area contributed by atoms with Crippen molar-refractivity contribution in [2.75, 3.05) is 0 Å². The average molecular weight is 453 g/mol. The molecule has 1 unspecified atom stereocenters. The molecule has 2 heteroatoms. The highest BCUT2D eigenvalue weighted by atomic mass is 14.6. The summed E-state index contributed by atoms with van der Waals surface area (Å²) in [6, 6.07) is 30.3. The second-order valence-corrected chi connectivity index (χ2v) is 9.45. The summed E-state index contributed by atoms with van der Waals surface area (Å²) in [7, 11) is 0. The van der Waals surface area contributed by atoms with Gasteiger partial charge in [-0.15, -0.1) is 0 Å². The van der Waals surface area contributed by atoms with E-state index < -0.39 is 0 Å². The molecule has 4 aromatic carbocycles. The van der Waals surface area contributed by atoms with Gasteiger partial charge in [-0.3, -0.25) is 9.97 Å². The predicted octanol–water partition coefficient (Wildman–Crippen LogP) is 8.73. The number of hydrogen-bond donors (Lipinski definition) is 0. The Labute approximate surface area is 206 Å². The molecule has 1 aliphatic rings. The van der Waals surface area contributed by atoms with Crippen molar-refractivity contribution in [3.63, 3.8) is 0 Å². The maximum absolute atomic E-state index is 4.21. The number of pyridine rings is 2.